The highest BCUT2D eigenvalue weighted by atomic mass is 16.5. The molecule has 0 radical (unpaired) electrons. The van der Waals surface area contributed by atoms with Gasteiger partial charge in [0.15, 0.2) is 6.29 Å². The molecular formula is C6H14O4. The van der Waals surface area contributed by atoms with Crippen LogP contribution in [0.15, 0.2) is 0 Å². The molecule has 0 aromatic heterocycles. The second-order valence-corrected chi connectivity index (χ2v) is 2.29. The molecule has 0 amide bonds. The molecule has 0 aliphatic heterocycles. The van der Waals surface area contributed by atoms with Crippen LogP contribution in [0, 0.1) is 5.92 Å². The fourth-order valence-electron chi connectivity index (χ4n) is 0.625. The van der Waals surface area contributed by atoms with E-state index in [0.29, 0.717) is 6.42 Å². The van der Waals surface area contributed by atoms with Crippen molar-refractivity contribution < 1.29 is 20.4 Å². The van der Waals surface area contributed by atoms with Crippen LogP contribution >= 0.6 is 0 Å². The highest BCUT2D eigenvalue weighted by molar-refractivity contribution is 4.55. The van der Waals surface area contributed by atoms with Gasteiger partial charge in [-0.2, -0.15) is 0 Å². The fraction of sp³-hybridized carbons (Fsp3) is 1.00. The van der Waals surface area contributed by atoms with Crippen molar-refractivity contribution in [3.05, 3.63) is 0 Å². The summed E-state index contributed by atoms with van der Waals surface area (Å²) in [5.41, 5.74) is 0. The van der Waals surface area contributed by atoms with E-state index in [4.69, 9.17) is 20.4 Å². The van der Waals surface area contributed by atoms with E-state index < -0.39 is 6.29 Å². The third-order valence-electron chi connectivity index (χ3n) is 1.35. The average molecular weight is 150 g/mol. The van der Waals surface area contributed by atoms with E-state index in [1.807, 2.05) is 0 Å². The summed E-state index contributed by atoms with van der Waals surface area (Å²) in [6, 6.07) is 0. The first-order valence-corrected chi connectivity index (χ1v) is 3.28. The molecule has 0 aromatic carbocycles. The van der Waals surface area contributed by atoms with Gasteiger partial charge in [0.25, 0.3) is 0 Å². The van der Waals surface area contributed by atoms with Gasteiger partial charge in [0.1, 0.15) is 0 Å². The van der Waals surface area contributed by atoms with E-state index in [0.717, 1.165) is 0 Å². The Kier molecular flexibility index (Phi) is 5.52. The van der Waals surface area contributed by atoms with Crippen molar-refractivity contribution in [1.29, 1.82) is 0 Å². The largest absolute Gasteiger partial charge is 0.396 e. The molecule has 0 aliphatic rings. The normalized spacial score (nSPS) is 11.4. The van der Waals surface area contributed by atoms with Gasteiger partial charge in [0.05, 0.1) is 0 Å². The van der Waals surface area contributed by atoms with Gasteiger partial charge >= 0.3 is 0 Å². The standard InChI is InChI=1S/C6H14O4/c7-3-5(4-8)1-2-6(9)10/h5-10H,1-4H2. The molecule has 0 saturated carbocycles. The molecule has 0 aliphatic carbocycles. The van der Waals surface area contributed by atoms with Gasteiger partial charge in [-0.05, 0) is 12.8 Å². The fourth-order valence-corrected chi connectivity index (χ4v) is 0.625. The Morgan fingerprint density at radius 3 is 1.70 bits per heavy atom. The van der Waals surface area contributed by atoms with Crippen LogP contribution in [0.4, 0.5) is 0 Å². The van der Waals surface area contributed by atoms with Gasteiger partial charge in [0, 0.05) is 19.1 Å². The van der Waals surface area contributed by atoms with Crippen LogP contribution in [-0.2, 0) is 0 Å². The molecule has 0 unspecified atom stereocenters. The van der Waals surface area contributed by atoms with E-state index in [-0.39, 0.29) is 25.6 Å². The van der Waals surface area contributed by atoms with Crippen molar-refractivity contribution in [3.63, 3.8) is 0 Å². The highest BCUT2D eigenvalue weighted by Gasteiger charge is 2.07. The van der Waals surface area contributed by atoms with Gasteiger partial charge in [-0.25, -0.2) is 0 Å². The van der Waals surface area contributed by atoms with Crippen LogP contribution in [0.5, 0.6) is 0 Å². The molecule has 4 N–H and O–H groups in total. The number of hydrogen-bond donors (Lipinski definition) is 4. The third kappa shape index (κ3) is 4.69. The predicted octanol–water partition coefficient (Wildman–Crippen LogP) is -1.32. The van der Waals surface area contributed by atoms with Crippen molar-refractivity contribution in [2.24, 2.45) is 5.92 Å². The summed E-state index contributed by atoms with van der Waals surface area (Å²) in [6.07, 6.45) is -0.697. The van der Waals surface area contributed by atoms with Gasteiger partial charge < -0.3 is 20.4 Å². The van der Waals surface area contributed by atoms with Gasteiger partial charge in [-0.3, -0.25) is 0 Å². The molecule has 10 heavy (non-hydrogen) atoms. The molecule has 62 valence electrons. The van der Waals surface area contributed by atoms with Gasteiger partial charge in [-0.1, -0.05) is 0 Å². The molecule has 0 fully saturated rings. The summed E-state index contributed by atoms with van der Waals surface area (Å²) in [5.74, 6) is -0.221. The quantitative estimate of drug-likeness (QED) is 0.366. The summed E-state index contributed by atoms with van der Waals surface area (Å²) >= 11 is 0. The molecule has 0 bridgehead atoms. The Morgan fingerprint density at radius 2 is 1.40 bits per heavy atom. The summed E-state index contributed by atoms with van der Waals surface area (Å²) in [5, 5.41) is 33.8. The minimum atomic E-state index is -1.33. The lowest BCUT2D eigenvalue weighted by Crippen LogP contribution is -2.14. The topological polar surface area (TPSA) is 80.9 Å². The summed E-state index contributed by atoms with van der Waals surface area (Å²) in [4.78, 5) is 0. The second-order valence-electron chi connectivity index (χ2n) is 2.29. The van der Waals surface area contributed by atoms with Gasteiger partial charge in [0.2, 0.25) is 0 Å². The number of rotatable bonds is 5. The van der Waals surface area contributed by atoms with E-state index in [1.165, 1.54) is 0 Å². The van der Waals surface area contributed by atoms with Crippen LogP contribution < -0.4 is 0 Å². The van der Waals surface area contributed by atoms with Crippen LogP contribution in [0.1, 0.15) is 12.8 Å². The van der Waals surface area contributed by atoms with E-state index in [9.17, 15) is 0 Å². The van der Waals surface area contributed by atoms with Crippen LogP contribution in [0.3, 0.4) is 0 Å². The van der Waals surface area contributed by atoms with Gasteiger partial charge in [-0.15, -0.1) is 0 Å². The first-order valence-electron chi connectivity index (χ1n) is 3.28. The Labute approximate surface area is 59.7 Å². The zero-order valence-electron chi connectivity index (χ0n) is 5.77. The predicted molar refractivity (Wildman–Crippen MR) is 35.1 cm³/mol. The van der Waals surface area contributed by atoms with E-state index in [1.54, 1.807) is 0 Å². The van der Waals surface area contributed by atoms with Crippen LogP contribution in [-0.4, -0.2) is 39.9 Å². The Balaban J connectivity index is 3.26. The van der Waals surface area contributed by atoms with Crippen molar-refractivity contribution in [1.82, 2.24) is 0 Å². The molecule has 0 heterocycles. The first kappa shape index (κ1) is 9.84. The summed E-state index contributed by atoms with van der Waals surface area (Å²) in [6.45, 7) is -0.216. The minimum absolute atomic E-state index is 0.108. The lowest BCUT2D eigenvalue weighted by atomic mass is 10.1. The van der Waals surface area contributed by atoms with E-state index in [2.05, 4.69) is 0 Å². The molecule has 4 nitrogen and oxygen atoms in total. The molecular weight excluding hydrogens is 136 g/mol. The number of aliphatic hydroxyl groups excluding tert-OH is 3. The molecule has 0 rings (SSSR count). The molecule has 0 atom stereocenters. The molecule has 0 saturated heterocycles. The maximum atomic E-state index is 8.52. The monoisotopic (exact) mass is 150 g/mol. The average Bonchev–Trinajstić information content (AvgIpc) is 1.90. The lowest BCUT2D eigenvalue weighted by molar-refractivity contribution is -0.0514. The zero-order chi connectivity index (χ0) is 7.98. The van der Waals surface area contributed by atoms with Crippen molar-refractivity contribution in [2.45, 2.75) is 19.1 Å². The number of hydrogen-bond acceptors (Lipinski definition) is 4. The number of aliphatic hydroxyl groups is 4. The smallest absolute Gasteiger partial charge is 0.151 e. The maximum absolute atomic E-state index is 8.52. The summed E-state index contributed by atoms with van der Waals surface area (Å²) in [7, 11) is 0. The Morgan fingerprint density at radius 1 is 0.900 bits per heavy atom. The van der Waals surface area contributed by atoms with Crippen molar-refractivity contribution in [2.75, 3.05) is 13.2 Å². The molecule has 0 spiro atoms. The Hall–Kier alpha value is -0.160. The first-order chi connectivity index (χ1) is 4.70. The maximum Gasteiger partial charge on any atom is 0.151 e. The van der Waals surface area contributed by atoms with Crippen molar-refractivity contribution in [3.8, 4) is 0 Å². The van der Waals surface area contributed by atoms with E-state index >= 15 is 0 Å². The summed E-state index contributed by atoms with van der Waals surface area (Å²) < 4.78 is 0. The zero-order valence-corrected chi connectivity index (χ0v) is 5.77. The van der Waals surface area contributed by atoms with Crippen LogP contribution in [0.25, 0.3) is 0 Å². The lowest BCUT2D eigenvalue weighted by Gasteiger charge is -2.10. The molecule has 4 heteroatoms. The second kappa shape index (κ2) is 5.61. The minimum Gasteiger partial charge on any atom is -0.396 e. The highest BCUT2D eigenvalue weighted by Crippen LogP contribution is 2.05. The SMILES string of the molecule is OCC(CO)CCC(O)O. The molecule has 0 aromatic rings. The van der Waals surface area contributed by atoms with Crippen LogP contribution in [0.2, 0.25) is 0 Å². The third-order valence-corrected chi connectivity index (χ3v) is 1.35. The van der Waals surface area contributed by atoms with Crippen molar-refractivity contribution >= 4 is 0 Å². The Bertz CT molecular complexity index is 70.1.